The summed E-state index contributed by atoms with van der Waals surface area (Å²) in [5.74, 6) is -0.109. The summed E-state index contributed by atoms with van der Waals surface area (Å²) in [5.41, 5.74) is -0.139. The van der Waals surface area contributed by atoms with E-state index in [4.69, 9.17) is 21.1 Å². The Hall–Kier alpha value is -3.43. The highest BCUT2D eigenvalue weighted by molar-refractivity contribution is 7.00. The zero-order chi connectivity index (χ0) is 24.5. The van der Waals surface area contributed by atoms with Crippen LogP contribution in [-0.4, -0.2) is 46.3 Å². The third-order valence-electron chi connectivity index (χ3n) is 6.85. The Balaban J connectivity index is 1.44. The first-order valence-electron chi connectivity index (χ1n) is 10.7. The molecule has 178 valence electrons. The summed E-state index contributed by atoms with van der Waals surface area (Å²) in [7, 11) is 0. The van der Waals surface area contributed by atoms with Crippen LogP contribution in [0.1, 0.15) is 36.5 Å². The van der Waals surface area contributed by atoms with Crippen molar-refractivity contribution in [2.45, 2.75) is 37.1 Å². The van der Waals surface area contributed by atoms with E-state index < -0.39 is 17.3 Å². The minimum atomic E-state index is -1.23. The van der Waals surface area contributed by atoms with Gasteiger partial charge in [-0.1, -0.05) is 11.6 Å². The molecule has 1 fully saturated rings. The van der Waals surface area contributed by atoms with Gasteiger partial charge in [0.1, 0.15) is 28.3 Å². The molecule has 4 aromatic rings. The van der Waals surface area contributed by atoms with Gasteiger partial charge >= 0.3 is 0 Å². The topological polar surface area (TPSA) is 147 Å². The fourth-order valence-electron chi connectivity index (χ4n) is 5.24. The molecular formula is C23H18ClN5O5S. The van der Waals surface area contributed by atoms with E-state index in [1.807, 2.05) is 0 Å². The molecule has 0 saturated carbocycles. The van der Waals surface area contributed by atoms with E-state index in [1.54, 1.807) is 31.2 Å². The van der Waals surface area contributed by atoms with Crippen LogP contribution in [0, 0.1) is 11.3 Å². The predicted molar refractivity (Wildman–Crippen MR) is 125 cm³/mol. The van der Waals surface area contributed by atoms with Crippen molar-refractivity contribution in [3.05, 3.63) is 52.2 Å². The molecule has 2 aliphatic rings. The van der Waals surface area contributed by atoms with E-state index in [-0.39, 0.29) is 31.2 Å². The smallest absolute Gasteiger partial charge is 0.213 e. The second-order valence-corrected chi connectivity index (χ2v) is 9.74. The molecule has 3 aromatic heterocycles. The molecule has 0 spiro atoms. The average molecular weight is 512 g/mol. The second-order valence-electron chi connectivity index (χ2n) is 8.77. The molecule has 1 aromatic carbocycles. The predicted octanol–water partition coefficient (Wildman–Crippen LogP) is 3.49. The molecule has 0 aliphatic carbocycles. The van der Waals surface area contributed by atoms with Gasteiger partial charge in [0.2, 0.25) is 17.6 Å². The lowest BCUT2D eigenvalue weighted by Crippen LogP contribution is -2.33. The number of aliphatic hydroxyl groups is 1. The number of pyridine rings is 1. The Morgan fingerprint density at radius 2 is 2.00 bits per heavy atom. The maximum atomic E-state index is 11.4. The zero-order valence-corrected chi connectivity index (χ0v) is 19.8. The molecule has 0 radical (unpaired) electrons. The van der Waals surface area contributed by atoms with Crippen molar-refractivity contribution in [2.75, 3.05) is 6.61 Å². The van der Waals surface area contributed by atoms with Gasteiger partial charge in [-0.3, -0.25) is 0 Å². The third-order valence-corrected chi connectivity index (χ3v) is 7.60. The highest BCUT2D eigenvalue weighted by Crippen LogP contribution is 2.65. The Labute approximate surface area is 207 Å². The number of benzene rings is 1. The summed E-state index contributed by atoms with van der Waals surface area (Å²) >= 11 is 6.81. The summed E-state index contributed by atoms with van der Waals surface area (Å²) in [6.45, 7) is 1.87. The SMILES string of the molecule is C[C@]12O[C@](CCOc3ccc(Cl)cn3)(C[C@@H]1O)c1c2c(O)n(-c2ccc(C#N)c3nsnc23)c1O. The van der Waals surface area contributed by atoms with Gasteiger partial charge in [0.05, 0.1) is 51.8 Å². The molecule has 0 amide bonds. The number of fused-ring (bicyclic) bond motifs is 6. The normalized spacial score (nSPS) is 24.6. The molecule has 3 N–H and O–H groups in total. The van der Waals surface area contributed by atoms with Gasteiger partial charge in [-0.25, -0.2) is 9.55 Å². The van der Waals surface area contributed by atoms with Crippen molar-refractivity contribution >= 4 is 34.4 Å². The van der Waals surface area contributed by atoms with Crippen molar-refractivity contribution in [2.24, 2.45) is 0 Å². The van der Waals surface area contributed by atoms with Gasteiger partial charge in [0, 0.05) is 25.1 Å². The van der Waals surface area contributed by atoms with Crippen LogP contribution in [0.5, 0.6) is 17.6 Å². The standard InChI is InChI=1S/C23H18ClN5O5S/c1-22-14(30)8-23(34-22,6-7-33-15-5-3-12(24)10-26-15)17-16(22)20(31)29(21(17)32)13-4-2-11(9-25)18-19(13)28-35-27-18/h2-5,10,14,30-32H,6-8H2,1H3/t14-,22-,23+/m0/s1. The molecule has 3 atom stereocenters. The van der Waals surface area contributed by atoms with Gasteiger partial charge in [-0.05, 0) is 25.1 Å². The average Bonchev–Trinajstić information content (AvgIpc) is 3.55. The molecule has 2 aliphatic heterocycles. The number of rotatable bonds is 5. The van der Waals surface area contributed by atoms with Crippen molar-refractivity contribution in [1.82, 2.24) is 18.3 Å². The summed E-state index contributed by atoms with van der Waals surface area (Å²) < 4.78 is 21.8. The lowest BCUT2D eigenvalue weighted by molar-refractivity contribution is -0.107. The lowest BCUT2D eigenvalue weighted by atomic mass is 9.76. The van der Waals surface area contributed by atoms with Crippen LogP contribution in [0.15, 0.2) is 30.5 Å². The van der Waals surface area contributed by atoms with Gasteiger partial charge in [-0.2, -0.15) is 14.0 Å². The Morgan fingerprint density at radius 1 is 1.23 bits per heavy atom. The van der Waals surface area contributed by atoms with E-state index in [1.165, 1.54) is 10.8 Å². The number of nitrogens with zero attached hydrogens (tertiary/aromatic N) is 5. The van der Waals surface area contributed by atoms with E-state index in [0.29, 0.717) is 44.3 Å². The van der Waals surface area contributed by atoms with Crippen LogP contribution in [-0.2, 0) is 15.9 Å². The van der Waals surface area contributed by atoms with Crippen LogP contribution < -0.4 is 4.74 Å². The number of nitriles is 1. The fraction of sp³-hybridized carbons (Fsp3) is 0.304. The molecule has 10 nitrogen and oxygen atoms in total. The van der Waals surface area contributed by atoms with Gasteiger partial charge in [0.15, 0.2) is 0 Å². The third kappa shape index (κ3) is 2.98. The minimum absolute atomic E-state index is 0.180. The molecular weight excluding hydrogens is 494 g/mol. The van der Waals surface area contributed by atoms with Gasteiger partial charge in [0.25, 0.3) is 0 Å². The van der Waals surface area contributed by atoms with Gasteiger partial charge in [-0.15, -0.1) is 0 Å². The number of aromatic hydroxyl groups is 2. The molecule has 6 rings (SSSR count). The van der Waals surface area contributed by atoms with Gasteiger partial charge < -0.3 is 24.8 Å². The number of aromatic nitrogens is 4. The monoisotopic (exact) mass is 511 g/mol. The molecule has 35 heavy (non-hydrogen) atoms. The first kappa shape index (κ1) is 22.1. The first-order valence-corrected chi connectivity index (χ1v) is 11.9. The summed E-state index contributed by atoms with van der Waals surface area (Å²) in [6, 6.07) is 8.55. The van der Waals surface area contributed by atoms with Crippen LogP contribution in [0.4, 0.5) is 0 Å². The zero-order valence-electron chi connectivity index (χ0n) is 18.3. The Bertz CT molecular complexity index is 1530. The first-order chi connectivity index (χ1) is 16.8. The van der Waals surface area contributed by atoms with Crippen molar-refractivity contribution in [3.63, 3.8) is 0 Å². The molecule has 12 heteroatoms. The largest absolute Gasteiger partial charge is 0.494 e. The molecule has 5 heterocycles. The van der Waals surface area contributed by atoms with Crippen LogP contribution in [0.3, 0.4) is 0 Å². The Kier molecular flexibility index (Phi) is 4.75. The molecule has 2 bridgehead atoms. The maximum absolute atomic E-state index is 11.4. The number of hydrogen-bond donors (Lipinski definition) is 3. The number of hydrogen-bond acceptors (Lipinski definition) is 10. The lowest BCUT2D eigenvalue weighted by Gasteiger charge is -2.26. The fourth-order valence-corrected chi connectivity index (χ4v) is 5.92. The second kappa shape index (κ2) is 7.53. The van der Waals surface area contributed by atoms with E-state index in [2.05, 4.69) is 19.8 Å². The number of aliphatic hydroxyl groups excluding tert-OH is 1. The minimum Gasteiger partial charge on any atom is -0.494 e. The summed E-state index contributed by atoms with van der Waals surface area (Å²) in [5, 5.41) is 43.5. The summed E-state index contributed by atoms with van der Waals surface area (Å²) in [4.78, 5) is 4.12. The quantitative estimate of drug-likeness (QED) is 0.366. The van der Waals surface area contributed by atoms with E-state index in [0.717, 1.165) is 11.7 Å². The molecule has 0 unspecified atom stereocenters. The number of ether oxygens (including phenoxy) is 2. The van der Waals surface area contributed by atoms with Crippen molar-refractivity contribution in [3.8, 4) is 29.4 Å². The van der Waals surface area contributed by atoms with Crippen LogP contribution in [0.25, 0.3) is 16.7 Å². The maximum Gasteiger partial charge on any atom is 0.213 e. The highest BCUT2D eigenvalue weighted by Gasteiger charge is 2.66. The van der Waals surface area contributed by atoms with Crippen LogP contribution in [0.2, 0.25) is 5.02 Å². The molecule has 1 saturated heterocycles. The Morgan fingerprint density at radius 3 is 2.74 bits per heavy atom. The van der Waals surface area contributed by atoms with Crippen molar-refractivity contribution < 1.29 is 24.8 Å². The van der Waals surface area contributed by atoms with Crippen LogP contribution >= 0.6 is 23.3 Å². The van der Waals surface area contributed by atoms with Crippen molar-refractivity contribution in [1.29, 1.82) is 5.26 Å². The van der Waals surface area contributed by atoms with E-state index >= 15 is 0 Å². The number of halogens is 1. The summed E-state index contributed by atoms with van der Waals surface area (Å²) in [6.07, 6.45) is 1.07. The van der Waals surface area contributed by atoms with E-state index in [9.17, 15) is 20.6 Å². The highest BCUT2D eigenvalue weighted by atomic mass is 35.5.